The van der Waals surface area contributed by atoms with Crippen molar-refractivity contribution in [3.05, 3.63) is 34.9 Å². The number of hydrogen-bond donors (Lipinski definition) is 1. The Kier molecular flexibility index (Phi) is 3.88. The zero-order valence-corrected chi connectivity index (χ0v) is 11.3. The summed E-state index contributed by atoms with van der Waals surface area (Å²) in [6, 6.07) is 5.01. The monoisotopic (exact) mass is 261 g/mol. The number of carboxylic acids is 1. The van der Waals surface area contributed by atoms with Gasteiger partial charge in [0, 0.05) is 12.1 Å². The van der Waals surface area contributed by atoms with Crippen LogP contribution in [0, 0.1) is 13.8 Å². The first-order chi connectivity index (χ1) is 9.02. The Hall–Kier alpha value is -1.84. The van der Waals surface area contributed by atoms with Gasteiger partial charge in [0.2, 0.25) is 0 Å². The second kappa shape index (κ2) is 5.43. The third-order valence-corrected chi connectivity index (χ3v) is 3.74. The first kappa shape index (κ1) is 13.6. The molecule has 0 aromatic heterocycles. The molecule has 1 N–H and O–H groups in total. The molecule has 19 heavy (non-hydrogen) atoms. The van der Waals surface area contributed by atoms with E-state index < -0.39 is 12.0 Å². The van der Waals surface area contributed by atoms with E-state index in [-0.39, 0.29) is 5.91 Å². The lowest BCUT2D eigenvalue weighted by atomic mass is 9.97. The zero-order valence-electron chi connectivity index (χ0n) is 11.3. The highest BCUT2D eigenvalue weighted by atomic mass is 16.4. The van der Waals surface area contributed by atoms with Gasteiger partial charge in [-0.05, 0) is 44.2 Å². The standard InChI is InChI=1S/C15H19NO3/c1-10-6-5-7-11(2)13(10)14(17)16-9-4-3-8-12(16)15(18)19/h5-7,12H,3-4,8-9H2,1-2H3,(H,18,19)/t12-/m1/s1. The fourth-order valence-corrected chi connectivity index (χ4v) is 2.73. The molecule has 1 atom stereocenters. The zero-order chi connectivity index (χ0) is 14.0. The van der Waals surface area contributed by atoms with Crippen molar-refractivity contribution in [2.24, 2.45) is 0 Å². The van der Waals surface area contributed by atoms with Gasteiger partial charge in [0.05, 0.1) is 0 Å². The predicted octanol–water partition coefficient (Wildman–Crippen LogP) is 2.38. The lowest BCUT2D eigenvalue weighted by Gasteiger charge is -2.33. The number of aryl methyl sites for hydroxylation is 2. The van der Waals surface area contributed by atoms with Gasteiger partial charge >= 0.3 is 5.97 Å². The van der Waals surface area contributed by atoms with Gasteiger partial charge in [-0.3, -0.25) is 4.79 Å². The summed E-state index contributed by atoms with van der Waals surface area (Å²) in [6.07, 6.45) is 2.29. The Morgan fingerprint density at radius 2 is 1.84 bits per heavy atom. The van der Waals surface area contributed by atoms with Crippen LogP contribution in [0.1, 0.15) is 40.7 Å². The van der Waals surface area contributed by atoms with Gasteiger partial charge in [0.1, 0.15) is 6.04 Å². The van der Waals surface area contributed by atoms with Crippen molar-refractivity contribution in [1.82, 2.24) is 4.90 Å². The van der Waals surface area contributed by atoms with Crippen molar-refractivity contribution in [2.75, 3.05) is 6.54 Å². The molecule has 1 heterocycles. The van der Waals surface area contributed by atoms with E-state index in [4.69, 9.17) is 0 Å². The summed E-state index contributed by atoms with van der Waals surface area (Å²) < 4.78 is 0. The highest BCUT2D eigenvalue weighted by Crippen LogP contribution is 2.23. The molecule has 1 aromatic rings. The number of likely N-dealkylation sites (tertiary alicyclic amines) is 1. The molecular weight excluding hydrogens is 242 g/mol. The highest BCUT2D eigenvalue weighted by molar-refractivity contribution is 5.99. The number of benzene rings is 1. The number of amides is 1. The summed E-state index contributed by atoms with van der Waals surface area (Å²) in [6.45, 7) is 4.31. The number of rotatable bonds is 2. The SMILES string of the molecule is Cc1cccc(C)c1C(=O)N1CCCC[C@@H]1C(=O)O. The van der Waals surface area contributed by atoms with Crippen LogP contribution in [0.4, 0.5) is 0 Å². The summed E-state index contributed by atoms with van der Waals surface area (Å²) in [5.41, 5.74) is 2.45. The maximum absolute atomic E-state index is 12.6. The molecule has 1 aliphatic rings. The average molecular weight is 261 g/mol. The van der Waals surface area contributed by atoms with E-state index in [1.807, 2.05) is 32.0 Å². The van der Waals surface area contributed by atoms with Crippen molar-refractivity contribution in [2.45, 2.75) is 39.2 Å². The van der Waals surface area contributed by atoms with E-state index in [0.717, 1.165) is 24.0 Å². The molecule has 4 nitrogen and oxygen atoms in total. The molecule has 0 aliphatic carbocycles. The van der Waals surface area contributed by atoms with Crippen molar-refractivity contribution in [3.8, 4) is 0 Å². The third kappa shape index (κ3) is 2.62. The van der Waals surface area contributed by atoms with Crippen molar-refractivity contribution in [1.29, 1.82) is 0 Å². The Labute approximate surface area is 113 Å². The van der Waals surface area contributed by atoms with Crippen LogP contribution in [-0.2, 0) is 4.79 Å². The van der Waals surface area contributed by atoms with Crippen LogP contribution < -0.4 is 0 Å². The molecule has 0 spiro atoms. The fraction of sp³-hybridized carbons (Fsp3) is 0.467. The molecule has 0 radical (unpaired) electrons. The molecular formula is C15H19NO3. The minimum absolute atomic E-state index is 0.150. The van der Waals surface area contributed by atoms with Crippen LogP contribution in [-0.4, -0.2) is 34.5 Å². The molecule has 1 aromatic carbocycles. The van der Waals surface area contributed by atoms with E-state index in [0.29, 0.717) is 18.5 Å². The molecule has 0 bridgehead atoms. The maximum atomic E-state index is 12.6. The van der Waals surface area contributed by atoms with Crippen molar-refractivity contribution >= 4 is 11.9 Å². The number of carbonyl (C=O) groups is 2. The van der Waals surface area contributed by atoms with Crippen LogP contribution in [0.5, 0.6) is 0 Å². The molecule has 0 unspecified atom stereocenters. The van der Waals surface area contributed by atoms with Crippen LogP contribution in [0.15, 0.2) is 18.2 Å². The Balaban J connectivity index is 2.34. The number of carbonyl (C=O) groups excluding carboxylic acids is 1. The van der Waals surface area contributed by atoms with Crippen LogP contribution in [0.25, 0.3) is 0 Å². The quantitative estimate of drug-likeness (QED) is 0.889. The minimum atomic E-state index is -0.903. The molecule has 0 saturated carbocycles. The first-order valence-electron chi connectivity index (χ1n) is 6.62. The largest absolute Gasteiger partial charge is 0.480 e. The number of piperidine rings is 1. The molecule has 1 amide bonds. The Morgan fingerprint density at radius 1 is 1.21 bits per heavy atom. The van der Waals surface area contributed by atoms with Crippen LogP contribution >= 0.6 is 0 Å². The topological polar surface area (TPSA) is 57.6 Å². The van der Waals surface area contributed by atoms with Gasteiger partial charge < -0.3 is 10.0 Å². The lowest BCUT2D eigenvalue weighted by molar-refractivity contribution is -0.143. The van der Waals surface area contributed by atoms with Crippen LogP contribution in [0.2, 0.25) is 0 Å². The molecule has 4 heteroatoms. The predicted molar refractivity (Wildman–Crippen MR) is 72.2 cm³/mol. The lowest BCUT2D eigenvalue weighted by Crippen LogP contribution is -2.48. The summed E-state index contributed by atoms with van der Waals surface area (Å²) in [7, 11) is 0. The number of aliphatic carboxylic acids is 1. The maximum Gasteiger partial charge on any atom is 0.326 e. The summed E-state index contributed by atoms with van der Waals surface area (Å²) in [4.78, 5) is 25.4. The van der Waals surface area contributed by atoms with E-state index in [2.05, 4.69) is 0 Å². The van der Waals surface area contributed by atoms with E-state index in [9.17, 15) is 14.7 Å². The van der Waals surface area contributed by atoms with E-state index in [1.54, 1.807) is 0 Å². The van der Waals surface area contributed by atoms with Gasteiger partial charge in [0.15, 0.2) is 0 Å². The van der Waals surface area contributed by atoms with Crippen molar-refractivity contribution < 1.29 is 14.7 Å². The fourth-order valence-electron chi connectivity index (χ4n) is 2.73. The van der Waals surface area contributed by atoms with E-state index >= 15 is 0 Å². The summed E-state index contributed by atoms with van der Waals surface area (Å²) in [5.74, 6) is -1.05. The molecule has 1 aliphatic heterocycles. The second-order valence-corrected chi connectivity index (χ2v) is 5.12. The van der Waals surface area contributed by atoms with Gasteiger partial charge in [-0.2, -0.15) is 0 Å². The van der Waals surface area contributed by atoms with Gasteiger partial charge in [-0.1, -0.05) is 18.2 Å². The average Bonchev–Trinajstić information content (AvgIpc) is 2.38. The smallest absolute Gasteiger partial charge is 0.326 e. The van der Waals surface area contributed by atoms with Crippen molar-refractivity contribution in [3.63, 3.8) is 0 Å². The summed E-state index contributed by atoms with van der Waals surface area (Å²) >= 11 is 0. The first-order valence-corrected chi connectivity index (χ1v) is 6.62. The molecule has 1 saturated heterocycles. The minimum Gasteiger partial charge on any atom is -0.480 e. The van der Waals surface area contributed by atoms with E-state index in [1.165, 1.54) is 4.90 Å². The highest BCUT2D eigenvalue weighted by Gasteiger charge is 2.33. The van der Waals surface area contributed by atoms with Gasteiger partial charge in [0.25, 0.3) is 5.91 Å². The number of carboxylic acid groups (broad SMARTS) is 1. The normalized spacial score (nSPS) is 19.3. The number of hydrogen-bond acceptors (Lipinski definition) is 2. The second-order valence-electron chi connectivity index (χ2n) is 5.12. The molecule has 2 rings (SSSR count). The van der Waals surface area contributed by atoms with Gasteiger partial charge in [-0.25, -0.2) is 4.79 Å². The Morgan fingerprint density at radius 3 is 2.42 bits per heavy atom. The number of nitrogens with zero attached hydrogens (tertiary/aromatic N) is 1. The van der Waals surface area contributed by atoms with Crippen LogP contribution in [0.3, 0.4) is 0 Å². The van der Waals surface area contributed by atoms with Gasteiger partial charge in [-0.15, -0.1) is 0 Å². The molecule has 102 valence electrons. The summed E-state index contributed by atoms with van der Waals surface area (Å²) in [5, 5.41) is 9.25. The Bertz CT molecular complexity index is 490. The molecule has 1 fully saturated rings. The third-order valence-electron chi connectivity index (χ3n) is 3.74.